The van der Waals surface area contributed by atoms with Crippen LogP contribution in [-0.4, -0.2) is 93.2 Å². The molecular weight excluding hydrogens is 338 g/mol. The summed E-state index contributed by atoms with van der Waals surface area (Å²) in [4.78, 5) is 21.3. The number of amides is 1. The van der Waals surface area contributed by atoms with Crippen molar-refractivity contribution in [2.24, 2.45) is 0 Å². The van der Waals surface area contributed by atoms with E-state index < -0.39 is 0 Å². The van der Waals surface area contributed by atoms with Gasteiger partial charge in [0.1, 0.15) is 11.3 Å². The van der Waals surface area contributed by atoms with Gasteiger partial charge in [-0.1, -0.05) is 0 Å². The van der Waals surface area contributed by atoms with Crippen molar-refractivity contribution in [1.29, 1.82) is 0 Å². The number of piperazine rings is 2. The quantitative estimate of drug-likeness (QED) is 0.772. The number of aryl methyl sites for hydroxylation is 1. The van der Waals surface area contributed by atoms with Crippen LogP contribution in [0.2, 0.25) is 0 Å². The van der Waals surface area contributed by atoms with E-state index in [2.05, 4.69) is 32.4 Å². The fourth-order valence-electron chi connectivity index (χ4n) is 3.73. The van der Waals surface area contributed by atoms with Crippen LogP contribution >= 0.6 is 11.3 Å². The second kappa shape index (κ2) is 6.47. The van der Waals surface area contributed by atoms with Gasteiger partial charge in [-0.2, -0.15) is 4.68 Å². The Labute approximate surface area is 151 Å². The van der Waals surface area contributed by atoms with Crippen LogP contribution in [0.25, 0.3) is 5.00 Å². The van der Waals surface area contributed by atoms with Crippen molar-refractivity contribution in [2.45, 2.75) is 19.9 Å². The molecule has 0 N–H and O–H groups in total. The van der Waals surface area contributed by atoms with Gasteiger partial charge >= 0.3 is 0 Å². The van der Waals surface area contributed by atoms with Crippen molar-refractivity contribution in [2.75, 3.05) is 46.3 Å². The van der Waals surface area contributed by atoms with Gasteiger partial charge in [0.2, 0.25) is 0 Å². The third-order valence-corrected chi connectivity index (χ3v) is 6.52. The smallest absolute Gasteiger partial charge is 0.257 e. The topological polar surface area (TPSA) is 70.4 Å². The van der Waals surface area contributed by atoms with Gasteiger partial charge in [-0.15, -0.1) is 16.4 Å². The van der Waals surface area contributed by atoms with Crippen molar-refractivity contribution >= 4 is 17.2 Å². The molecule has 2 aromatic rings. The Morgan fingerprint density at radius 3 is 2.76 bits per heavy atom. The Bertz CT molecular complexity index is 772. The standard InChI is InChI=1S/C16H23N7OS/c1-11-12(2)25-16(23-10-17-18-19-23)14(11)15(24)22-7-6-21-5-4-20(3)8-13(21)9-22/h10,13H,4-9H2,1-3H3/t13-/m0/s1. The minimum Gasteiger partial charge on any atom is -0.336 e. The van der Waals surface area contributed by atoms with Crippen LogP contribution in [-0.2, 0) is 0 Å². The Morgan fingerprint density at radius 1 is 1.20 bits per heavy atom. The minimum atomic E-state index is 0.0974. The van der Waals surface area contributed by atoms with Crippen LogP contribution in [0, 0.1) is 13.8 Å². The van der Waals surface area contributed by atoms with E-state index in [4.69, 9.17) is 0 Å². The lowest BCUT2D eigenvalue weighted by Gasteiger charge is -2.46. The molecule has 2 saturated heterocycles. The Balaban J connectivity index is 1.61. The van der Waals surface area contributed by atoms with Gasteiger partial charge in [-0.05, 0) is 36.9 Å². The summed E-state index contributed by atoms with van der Waals surface area (Å²) in [7, 11) is 2.15. The molecule has 0 saturated carbocycles. The van der Waals surface area contributed by atoms with E-state index in [0.717, 1.165) is 60.3 Å². The normalized spacial score (nSPS) is 22.2. The summed E-state index contributed by atoms with van der Waals surface area (Å²) in [5, 5.41) is 12.2. The van der Waals surface area contributed by atoms with Crippen molar-refractivity contribution in [3.8, 4) is 5.00 Å². The van der Waals surface area contributed by atoms with E-state index in [1.165, 1.54) is 0 Å². The number of carbonyl (C=O) groups is 1. The van der Waals surface area contributed by atoms with Gasteiger partial charge in [0.15, 0.2) is 0 Å². The summed E-state index contributed by atoms with van der Waals surface area (Å²) in [6, 6.07) is 0.424. The first-order valence-electron chi connectivity index (χ1n) is 8.60. The lowest BCUT2D eigenvalue weighted by Crippen LogP contribution is -2.62. The Morgan fingerprint density at radius 2 is 2.00 bits per heavy atom. The van der Waals surface area contributed by atoms with Crippen LogP contribution in [0.4, 0.5) is 0 Å². The molecule has 4 heterocycles. The van der Waals surface area contributed by atoms with Crippen LogP contribution in [0.5, 0.6) is 0 Å². The third kappa shape index (κ3) is 2.96. The summed E-state index contributed by atoms with van der Waals surface area (Å²) < 4.78 is 1.60. The fourth-order valence-corrected chi connectivity index (χ4v) is 4.79. The average molecular weight is 361 g/mol. The number of fused-ring (bicyclic) bond motifs is 1. The molecule has 1 atom stereocenters. The largest absolute Gasteiger partial charge is 0.336 e. The highest BCUT2D eigenvalue weighted by molar-refractivity contribution is 7.15. The zero-order valence-electron chi connectivity index (χ0n) is 14.8. The lowest BCUT2D eigenvalue weighted by molar-refractivity contribution is 0.0190. The van der Waals surface area contributed by atoms with Gasteiger partial charge in [-0.25, -0.2) is 0 Å². The zero-order chi connectivity index (χ0) is 17.6. The molecule has 134 valence electrons. The third-order valence-electron chi connectivity index (χ3n) is 5.32. The summed E-state index contributed by atoms with van der Waals surface area (Å²) in [6.45, 7) is 9.79. The number of likely N-dealkylation sites (N-methyl/N-ethyl adjacent to an activating group) is 1. The summed E-state index contributed by atoms with van der Waals surface area (Å²) in [5.41, 5.74) is 1.77. The molecule has 2 fully saturated rings. The molecule has 9 heteroatoms. The van der Waals surface area contributed by atoms with Crippen LogP contribution in [0.15, 0.2) is 6.33 Å². The average Bonchev–Trinajstić information content (AvgIpc) is 3.23. The molecule has 1 amide bonds. The highest BCUT2D eigenvalue weighted by Crippen LogP contribution is 2.31. The van der Waals surface area contributed by atoms with Crippen LogP contribution in [0.3, 0.4) is 0 Å². The first-order valence-corrected chi connectivity index (χ1v) is 9.41. The molecule has 0 aromatic carbocycles. The number of tetrazole rings is 1. The summed E-state index contributed by atoms with van der Waals surface area (Å²) >= 11 is 1.57. The van der Waals surface area contributed by atoms with Gasteiger partial charge in [0, 0.05) is 50.2 Å². The van der Waals surface area contributed by atoms with Crippen molar-refractivity contribution in [1.82, 2.24) is 34.9 Å². The SMILES string of the molecule is Cc1sc(-n2cnnn2)c(C(=O)N2CCN3CCN(C)C[C@H]3C2)c1C. The Hall–Kier alpha value is -1.84. The summed E-state index contributed by atoms with van der Waals surface area (Å²) in [6.07, 6.45) is 1.55. The molecule has 8 nitrogen and oxygen atoms in total. The first kappa shape index (κ1) is 16.6. The van der Waals surface area contributed by atoms with E-state index in [1.54, 1.807) is 22.3 Å². The maximum Gasteiger partial charge on any atom is 0.257 e. The molecule has 0 aliphatic carbocycles. The molecule has 0 unspecified atom stereocenters. The lowest BCUT2D eigenvalue weighted by atomic mass is 10.1. The van der Waals surface area contributed by atoms with E-state index in [9.17, 15) is 4.79 Å². The highest BCUT2D eigenvalue weighted by atomic mass is 32.1. The molecule has 25 heavy (non-hydrogen) atoms. The Kier molecular flexibility index (Phi) is 4.30. The predicted octanol–water partition coefficient (Wildman–Crippen LogP) is 0.412. The number of thiophene rings is 1. The van der Waals surface area contributed by atoms with Gasteiger partial charge in [0.25, 0.3) is 5.91 Å². The van der Waals surface area contributed by atoms with Crippen molar-refractivity contribution in [3.05, 3.63) is 22.3 Å². The molecule has 0 bridgehead atoms. The monoisotopic (exact) mass is 361 g/mol. The number of hydrogen-bond donors (Lipinski definition) is 0. The predicted molar refractivity (Wildman–Crippen MR) is 95.3 cm³/mol. The van der Waals surface area contributed by atoms with Crippen molar-refractivity contribution in [3.63, 3.8) is 0 Å². The second-order valence-corrected chi connectivity index (χ2v) is 8.12. The minimum absolute atomic E-state index is 0.0974. The molecular formula is C16H23N7OS. The maximum absolute atomic E-state index is 13.3. The second-order valence-electron chi connectivity index (χ2n) is 6.92. The number of nitrogens with zero attached hydrogens (tertiary/aromatic N) is 7. The molecule has 4 rings (SSSR count). The van der Waals surface area contributed by atoms with Gasteiger partial charge in [-0.3, -0.25) is 9.69 Å². The molecule has 2 aromatic heterocycles. The number of carbonyl (C=O) groups excluding carboxylic acids is 1. The maximum atomic E-state index is 13.3. The van der Waals surface area contributed by atoms with Crippen LogP contribution in [0.1, 0.15) is 20.8 Å². The molecule has 0 spiro atoms. The van der Waals surface area contributed by atoms with E-state index in [0.29, 0.717) is 6.04 Å². The van der Waals surface area contributed by atoms with Gasteiger partial charge < -0.3 is 9.80 Å². The first-order chi connectivity index (χ1) is 12.0. The van der Waals surface area contributed by atoms with E-state index in [1.807, 2.05) is 18.7 Å². The number of aromatic nitrogens is 4. The molecule has 2 aliphatic heterocycles. The van der Waals surface area contributed by atoms with Crippen molar-refractivity contribution < 1.29 is 4.79 Å². The summed E-state index contributed by atoms with van der Waals surface area (Å²) in [5.74, 6) is 0.0974. The zero-order valence-corrected chi connectivity index (χ0v) is 15.7. The van der Waals surface area contributed by atoms with E-state index in [-0.39, 0.29) is 5.91 Å². The highest BCUT2D eigenvalue weighted by Gasteiger charge is 2.35. The molecule has 2 aliphatic rings. The van der Waals surface area contributed by atoms with E-state index >= 15 is 0 Å². The van der Waals surface area contributed by atoms with Gasteiger partial charge in [0.05, 0.1) is 5.56 Å². The number of rotatable bonds is 2. The fraction of sp³-hybridized carbons (Fsp3) is 0.625. The number of hydrogen-bond acceptors (Lipinski definition) is 7. The van der Waals surface area contributed by atoms with Crippen LogP contribution < -0.4 is 0 Å². The molecule has 0 radical (unpaired) electrons.